The van der Waals surface area contributed by atoms with Crippen molar-refractivity contribution < 1.29 is 4.79 Å². The van der Waals surface area contributed by atoms with E-state index in [2.05, 4.69) is 27.8 Å². The summed E-state index contributed by atoms with van der Waals surface area (Å²) < 4.78 is 0. The van der Waals surface area contributed by atoms with Crippen LogP contribution >= 0.6 is 11.6 Å². The molecule has 0 bridgehead atoms. The first-order valence-electron chi connectivity index (χ1n) is 8.59. The summed E-state index contributed by atoms with van der Waals surface area (Å²) in [5, 5.41) is 8.48. The first-order valence-corrected chi connectivity index (χ1v) is 8.97. The molecule has 25 heavy (non-hydrogen) atoms. The van der Waals surface area contributed by atoms with Crippen LogP contribution in [0.25, 0.3) is 10.9 Å². The lowest BCUT2D eigenvalue weighted by atomic mass is 9.83. The van der Waals surface area contributed by atoms with E-state index in [1.165, 1.54) is 10.9 Å². The molecular weight excluding hydrogens is 334 g/mol. The van der Waals surface area contributed by atoms with E-state index < -0.39 is 5.54 Å². The molecule has 3 aromatic rings. The van der Waals surface area contributed by atoms with Gasteiger partial charge < -0.3 is 10.3 Å². The molecule has 4 nitrogen and oxygen atoms in total. The number of amides is 1. The number of carbonyl (C=O) groups is 1. The van der Waals surface area contributed by atoms with E-state index in [0.29, 0.717) is 5.02 Å². The molecule has 1 unspecified atom stereocenters. The number of carbonyl (C=O) groups excluding carboxylic acids is 1. The summed E-state index contributed by atoms with van der Waals surface area (Å²) in [6.45, 7) is 2.76. The van der Waals surface area contributed by atoms with Gasteiger partial charge in [0.1, 0.15) is 0 Å². The average Bonchev–Trinajstić information content (AvgIpc) is 3.04. The van der Waals surface area contributed by atoms with Crippen molar-refractivity contribution in [3.8, 4) is 0 Å². The number of aryl methyl sites for hydroxylation is 1. The predicted molar refractivity (Wildman–Crippen MR) is 100 cm³/mol. The van der Waals surface area contributed by atoms with Crippen LogP contribution in [0, 0.1) is 6.92 Å². The Morgan fingerprint density at radius 2 is 2.00 bits per heavy atom. The van der Waals surface area contributed by atoms with Gasteiger partial charge in [-0.25, -0.2) is 0 Å². The third kappa shape index (κ3) is 1.84. The molecule has 126 valence electrons. The Hall–Kier alpha value is -2.30. The molecule has 3 N–H and O–H groups in total. The summed E-state index contributed by atoms with van der Waals surface area (Å²) in [6.07, 6.45) is 1.93. The van der Waals surface area contributed by atoms with Gasteiger partial charge in [0.2, 0.25) is 0 Å². The normalized spacial score (nSPS) is 21.9. The van der Waals surface area contributed by atoms with E-state index in [4.69, 9.17) is 11.6 Å². The summed E-state index contributed by atoms with van der Waals surface area (Å²) >= 11 is 6.41. The lowest BCUT2D eigenvalue weighted by Crippen LogP contribution is -2.49. The summed E-state index contributed by atoms with van der Waals surface area (Å²) in [5.74, 6) is -0.0393. The van der Waals surface area contributed by atoms with E-state index in [0.717, 1.165) is 47.4 Å². The zero-order valence-electron chi connectivity index (χ0n) is 13.9. The molecule has 1 aromatic heterocycles. The minimum Gasteiger partial charge on any atom is -0.356 e. The highest BCUT2D eigenvalue weighted by molar-refractivity contribution is 6.32. The second-order valence-corrected chi connectivity index (χ2v) is 7.26. The number of fused-ring (bicyclic) bond motifs is 6. The first kappa shape index (κ1) is 15.0. The number of anilines is 1. The van der Waals surface area contributed by atoms with Crippen LogP contribution in [0.5, 0.6) is 0 Å². The Labute approximate surface area is 150 Å². The lowest BCUT2D eigenvalue weighted by Gasteiger charge is -2.29. The minimum absolute atomic E-state index is 0.0393. The molecule has 2 aromatic carbocycles. The largest absolute Gasteiger partial charge is 0.356 e. The van der Waals surface area contributed by atoms with Crippen LogP contribution in [0.4, 0.5) is 5.69 Å². The van der Waals surface area contributed by atoms with E-state index in [9.17, 15) is 4.79 Å². The fourth-order valence-corrected chi connectivity index (χ4v) is 4.58. The minimum atomic E-state index is -0.908. The summed E-state index contributed by atoms with van der Waals surface area (Å²) in [7, 11) is 0. The van der Waals surface area contributed by atoms with Crippen LogP contribution in [0.3, 0.4) is 0 Å². The summed E-state index contributed by atoms with van der Waals surface area (Å²) in [6, 6.07) is 12.0. The van der Waals surface area contributed by atoms with Crippen LogP contribution in [0.1, 0.15) is 28.8 Å². The van der Waals surface area contributed by atoms with Crippen molar-refractivity contribution in [1.82, 2.24) is 10.3 Å². The van der Waals surface area contributed by atoms with Crippen molar-refractivity contribution in [3.63, 3.8) is 0 Å². The van der Waals surface area contributed by atoms with Crippen LogP contribution in [-0.2, 0) is 16.8 Å². The number of halogens is 1. The number of para-hydroxylation sites is 1. The first-order chi connectivity index (χ1) is 12.1. The predicted octanol–water partition coefficient (Wildman–Crippen LogP) is 3.86. The quantitative estimate of drug-likeness (QED) is 0.576. The molecule has 0 fully saturated rings. The van der Waals surface area contributed by atoms with Crippen LogP contribution in [0.15, 0.2) is 36.4 Å². The van der Waals surface area contributed by atoms with Crippen molar-refractivity contribution in [2.24, 2.45) is 0 Å². The second-order valence-electron chi connectivity index (χ2n) is 6.85. The maximum absolute atomic E-state index is 13.2. The highest BCUT2D eigenvalue weighted by Crippen LogP contribution is 2.47. The van der Waals surface area contributed by atoms with Gasteiger partial charge in [0.25, 0.3) is 5.91 Å². The number of rotatable bonds is 0. The zero-order chi connectivity index (χ0) is 17.2. The molecule has 5 rings (SSSR count). The summed E-state index contributed by atoms with van der Waals surface area (Å²) in [4.78, 5) is 16.8. The second kappa shape index (κ2) is 5.10. The SMILES string of the molecule is Cc1c(Cl)ccc2c1C1(NCCCc3c1[nH]c1ccccc31)C(=O)N2. The van der Waals surface area contributed by atoms with Crippen molar-refractivity contribution in [2.45, 2.75) is 25.3 Å². The van der Waals surface area contributed by atoms with Crippen LogP contribution in [-0.4, -0.2) is 17.4 Å². The Morgan fingerprint density at radius 3 is 2.88 bits per heavy atom. The van der Waals surface area contributed by atoms with Gasteiger partial charge in [-0.05, 0) is 55.6 Å². The Bertz CT molecular complexity index is 1040. The van der Waals surface area contributed by atoms with Gasteiger partial charge in [0.15, 0.2) is 5.54 Å². The van der Waals surface area contributed by atoms with Gasteiger partial charge in [-0.2, -0.15) is 0 Å². The molecule has 0 saturated heterocycles. The van der Waals surface area contributed by atoms with Gasteiger partial charge in [-0.3, -0.25) is 10.1 Å². The Kier molecular flexibility index (Phi) is 3.06. The van der Waals surface area contributed by atoms with E-state index in [1.54, 1.807) is 0 Å². The van der Waals surface area contributed by atoms with E-state index >= 15 is 0 Å². The third-order valence-corrected chi connectivity index (χ3v) is 5.95. The van der Waals surface area contributed by atoms with Gasteiger partial charge in [-0.15, -0.1) is 0 Å². The van der Waals surface area contributed by atoms with E-state index in [-0.39, 0.29) is 5.91 Å². The van der Waals surface area contributed by atoms with Gasteiger partial charge in [0.05, 0.1) is 5.69 Å². The third-order valence-electron chi connectivity index (χ3n) is 5.55. The molecule has 5 heteroatoms. The smallest absolute Gasteiger partial charge is 0.255 e. The molecule has 3 heterocycles. The zero-order valence-corrected chi connectivity index (χ0v) is 14.6. The molecule has 2 aliphatic rings. The van der Waals surface area contributed by atoms with Crippen molar-refractivity contribution >= 4 is 34.1 Å². The monoisotopic (exact) mass is 351 g/mol. The van der Waals surface area contributed by atoms with Crippen LogP contribution < -0.4 is 10.6 Å². The lowest BCUT2D eigenvalue weighted by molar-refractivity contribution is -0.120. The molecule has 1 spiro atoms. The molecule has 2 aliphatic heterocycles. The van der Waals surface area contributed by atoms with Crippen LogP contribution in [0.2, 0.25) is 5.02 Å². The number of aromatic nitrogens is 1. The molecule has 0 saturated carbocycles. The number of H-pyrrole nitrogens is 1. The van der Waals surface area contributed by atoms with Gasteiger partial charge >= 0.3 is 0 Å². The van der Waals surface area contributed by atoms with Gasteiger partial charge in [-0.1, -0.05) is 29.8 Å². The molecule has 0 radical (unpaired) electrons. The highest BCUT2D eigenvalue weighted by atomic mass is 35.5. The Morgan fingerprint density at radius 1 is 1.16 bits per heavy atom. The molecule has 1 atom stereocenters. The highest BCUT2D eigenvalue weighted by Gasteiger charge is 2.52. The fourth-order valence-electron chi connectivity index (χ4n) is 4.42. The fraction of sp³-hybridized carbons (Fsp3) is 0.250. The maximum Gasteiger partial charge on any atom is 0.255 e. The van der Waals surface area contributed by atoms with Crippen molar-refractivity contribution in [2.75, 3.05) is 11.9 Å². The maximum atomic E-state index is 13.2. The molecular formula is C20H18ClN3O. The van der Waals surface area contributed by atoms with Crippen molar-refractivity contribution in [1.29, 1.82) is 0 Å². The molecule has 1 amide bonds. The number of hydrogen-bond donors (Lipinski definition) is 3. The summed E-state index contributed by atoms with van der Waals surface area (Å²) in [5.41, 5.74) is 5.06. The molecule has 0 aliphatic carbocycles. The standard InChI is InChI=1S/C20H18ClN3O/c1-11-14(21)8-9-16-17(11)20(19(25)24-16)18-13(6-4-10-22-20)12-5-2-3-7-15(12)23-18/h2-3,5,7-9,22-23H,4,6,10H2,1H3,(H,24,25). The number of benzene rings is 2. The number of aromatic amines is 1. The number of nitrogens with one attached hydrogen (secondary N) is 3. The van der Waals surface area contributed by atoms with Crippen molar-refractivity contribution in [3.05, 3.63) is 63.8 Å². The Balaban J connectivity index is 1.90. The number of hydrogen-bond acceptors (Lipinski definition) is 2. The average molecular weight is 352 g/mol. The van der Waals surface area contributed by atoms with Gasteiger partial charge in [0, 0.05) is 27.2 Å². The topological polar surface area (TPSA) is 56.9 Å². The van der Waals surface area contributed by atoms with E-state index in [1.807, 2.05) is 31.2 Å².